The highest BCUT2D eigenvalue weighted by Crippen LogP contribution is 2.16. The second-order valence-corrected chi connectivity index (χ2v) is 6.36. The molecule has 6 N–H and O–H groups in total. The molecule has 148 valence electrons. The first-order valence-corrected chi connectivity index (χ1v) is 9.17. The Morgan fingerprint density at radius 3 is 2.79 bits per heavy atom. The number of H-pyrrole nitrogens is 1. The SMILES string of the molecule is CN=C(N)NCCCNCc1ccc(-n2cc3cc(NC)[nH]c3nc2=O)cc1. The van der Waals surface area contributed by atoms with E-state index in [0.717, 1.165) is 48.5 Å². The molecular formula is C19H26N8O. The standard InChI is InChI=1S/C19H26N8O/c1-21-16-10-14-12-27(19(28)26-17(14)25-16)15-6-4-13(5-7-15)11-23-8-3-9-24-18(20)22-2/h4-7,10,12,21,23H,3,8-9,11H2,1-2H3,(H3,20,22,24)(H,25,26,28). The van der Waals surface area contributed by atoms with Crippen molar-refractivity contribution in [3.63, 3.8) is 0 Å². The van der Waals surface area contributed by atoms with Gasteiger partial charge in [-0.25, -0.2) is 4.79 Å². The Hall–Kier alpha value is -3.33. The van der Waals surface area contributed by atoms with Gasteiger partial charge in [-0.05, 0) is 36.7 Å². The number of aliphatic imine (C=N–C) groups is 1. The highest BCUT2D eigenvalue weighted by molar-refractivity contribution is 5.79. The van der Waals surface area contributed by atoms with Crippen molar-refractivity contribution in [1.82, 2.24) is 25.2 Å². The normalized spacial score (nSPS) is 11.7. The van der Waals surface area contributed by atoms with Crippen molar-refractivity contribution in [3.05, 3.63) is 52.6 Å². The molecule has 9 nitrogen and oxygen atoms in total. The van der Waals surface area contributed by atoms with Gasteiger partial charge in [0.1, 0.15) is 11.5 Å². The average Bonchev–Trinajstić information content (AvgIpc) is 3.12. The molecule has 0 radical (unpaired) electrons. The van der Waals surface area contributed by atoms with Crippen LogP contribution >= 0.6 is 0 Å². The molecule has 1 aromatic carbocycles. The quantitative estimate of drug-likeness (QED) is 0.223. The number of aromatic amines is 1. The molecule has 9 heteroatoms. The van der Waals surface area contributed by atoms with Gasteiger partial charge in [0.05, 0.1) is 5.69 Å². The highest BCUT2D eigenvalue weighted by atomic mass is 16.1. The van der Waals surface area contributed by atoms with E-state index in [1.807, 2.05) is 37.4 Å². The smallest absolute Gasteiger partial charge is 0.354 e. The summed E-state index contributed by atoms with van der Waals surface area (Å²) in [5.41, 5.74) is 7.77. The van der Waals surface area contributed by atoms with Gasteiger partial charge in [-0.15, -0.1) is 0 Å². The van der Waals surface area contributed by atoms with Crippen LogP contribution in [0.15, 0.2) is 46.3 Å². The van der Waals surface area contributed by atoms with E-state index in [2.05, 4.69) is 30.9 Å². The van der Waals surface area contributed by atoms with Crippen molar-refractivity contribution in [2.45, 2.75) is 13.0 Å². The van der Waals surface area contributed by atoms with E-state index in [1.165, 1.54) is 0 Å². The third-order valence-electron chi connectivity index (χ3n) is 4.40. The molecule has 0 amide bonds. The van der Waals surface area contributed by atoms with Crippen molar-refractivity contribution in [1.29, 1.82) is 0 Å². The lowest BCUT2D eigenvalue weighted by Crippen LogP contribution is -2.33. The molecule has 0 saturated heterocycles. The van der Waals surface area contributed by atoms with Crippen molar-refractivity contribution in [2.75, 3.05) is 32.5 Å². The third kappa shape index (κ3) is 4.68. The molecule has 0 atom stereocenters. The zero-order valence-electron chi connectivity index (χ0n) is 16.1. The van der Waals surface area contributed by atoms with Crippen LogP contribution in [-0.2, 0) is 6.54 Å². The molecule has 0 spiro atoms. The second-order valence-electron chi connectivity index (χ2n) is 6.36. The molecule has 2 aromatic heterocycles. The minimum absolute atomic E-state index is 0.315. The number of nitrogens with one attached hydrogen (secondary N) is 4. The van der Waals surface area contributed by atoms with Crippen LogP contribution in [0.2, 0.25) is 0 Å². The maximum absolute atomic E-state index is 12.3. The number of fused-ring (bicyclic) bond motifs is 1. The van der Waals surface area contributed by atoms with Crippen molar-refractivity contribution in [3.8, 4) is 5.69 Å². The molecule has 0 fully saturated rings. The first-order chi connectivity index (χ1) is 13.6. The Bertz CT molecular complexity index is 1000. The summed E-state index contributed by atoms with van der Waals surface area (Å²) < 4.78 is 1.55. The summed E-state index contributed by atoms with van der Waals surface area (Å²) >= 11 is 0. The number of anilines is 1. The van der Waals surface area contributed by atoms with Crippen LogP contribution in [0.1, 0.15) is 12.0 Å². The van der Waals surface area contributed by atoms with Crippen LogP contribution in [0.5, 0.6) is 0 Å². The summed E-state index contributed by atoms with van der Waals surface area (Å²) in [7, 11) is 3.47. The minimum atomic E-state index is -0.315. The first kappa shape index (κ1) is 19.4. The highest BCUT2D eigenvalue weighted by Gasteiger charge is 2.07. The monoisotopic (exact) mass is 382 g/mol. The zero-order chi connectivity index (χ0) is 19.9. The molecule has 0 saturated carbocycles. The maximum Gasteiger partial charge on any atom is 0.354 e. The molecule has 0 bridgehead atoms. The van der Waals surface area contributed by atoms with Crippen LogP contribution in [0.25, 0.3) is 16.7 Å². The van der Waals surface area contributed by atoms with Gasteiger partial charge in [-0.3, -0.25) is 9.56 Å². The maximum atomic E-state index is 12.3. The van der Waals surface area contributed by atoms with Gasteiger partial charge in [0.25, 0.3) is 0 Å². The molecule has 0 aliphatic carbocycles. The minimum Gasteiger partial charge on any atom is -0.375 e. The number of nitrogens with two attached hydrogens (primary N) is 1. The second kappa shape index (κ2) is 9.05. The fourth-order valence-electron chi connectivity index (χ4n) is 2.83. The topological polar surface area (TPSA) is 125 Å². The Labute approximate surface area is 163 Å². The summed E-state index contributed by atoms with van der Waals surface area (Å²) in [6.07, 6.45) is 2.74. The lowest BCUT2D eigenvalue weighted by Gasteiger charge is -2.08. The molecule has 0 unspecified atom stereocenters. The number of aromatic nitrogens is 3. The van der Waals surface area contributed by atoms with Crippen LogP contribution in [-0.4, -0.2) is 47.7 Å². The Morgan fingerprint density at radius 2 is 2.07 bits per heavy atom. The van der Waals surface area contributed by atoms with Crippen molar-refractivity contribution >= 4 is 22.8 Å². The predicted octanol–water partition coefficient (Wildman–Crippen LogP) is 0.769. The zero-order valence-corrected chi connectivity index (χ0v) is 16.1. The van der Waals surface area contributed by atoms with Crippen molar-refractivity contribution in [2.24, 2.45) is 10.7 Å². The van der Waals surface area contributed by atoms with Gasteiger partial charge in [-0.2, -0.15) is 4.98 Å². The van der Waals surface area contributed by atoms with Gasteiger partial charge in [0.2, 0.25) is 0 Å². The van der Waals surface area contributed by atoms with Crippen LogP contribution in [0, 0.1) is 0 Å². The van der Waals surface area contributed by atoms with E-state index < -0.39 is 0 Å². The van der Waals surface area contributed by atoms with E-state index in [4.69, 9.17) is 5.73 Å². The lowest BCUT2D eigenvalue weighted by molar-refractivity contribution is 0.639. The molecular weight excluding hydrogens is 356 g/mol. The molecule has 0 aliphatic heterocycles. The van der Waals surface area contributed by atoms with E-state index >= 15 is 0 Å². The van der Waals surface area contributed by atoms with Crippen LogP contribution in [0.3, 0.4) is 0 Å². The molecule has 3 aromatic rings. The fourth-order valence-corrected chi connectivity index (χ4v) is 2.83. The molecule has 2 heterocycles. The van der Waals surface area contributed by atoms with E-state index in [1.54, 1.807) is 17.8 Å². The summed E-state index contributed by atoms with van der Waals surface area (Å²) in [5, 5.41) is 10.3. The fraction of sp³-hybridized carbons (Fsp3) is 0.316. The third-order valence-corrected chi connectivity index (χ3v) is 4.40. The Balaban J connectivity index is 1.59. The van der Waals surface area contributed by atoms with Gasteiger partial charge in [-0.1, -0.05) is 12.1 Å². The summed E-state index contributed by atoms with van der Waals surface area (Å²) in [6, 6.07) is 9.80. The average molecular weight is 382 g/mol. The van der Waals surface area contributed by atoms with E-state index in [0.29, 0.717) is 11.6 Å². The molecule has 0 aliphatic rings. The van der Waals surface area contributed by atoms with Crippen LogP contribution in [0.4, 0.5) is 5.82 Å². The number of hydrogen-bond acceptors (Lipinski definition) is 5. The summed E-state index contributed by atoms with van der Waals surface area (Å²) in [5.74, 6) is 1.28. The Morgan fingerprint density at radius 1 is 1.29 bits per heavy atom. The number of rotatable bonds is 8. The van der Waals surface area contributed by atoms with Gasteiger partial charge in [0, 0.05) is 38.8 Å². The van der Waals surface area contributed by atoms with Crippen molar-refractivity contribution < 1.29 is 0 Å². The number of nitrogens with zero attached hydrogens (tertiary/aromatic N) is 3. The number of guanidine groups is 1. The predicted molar refractivity (Wildman–Crippen MR) is 113 cm³/mol. The van der Waals surface area contributed by atoms with Gasteiger partial charge in [0.15, 0.2) is 5.96 Å². The number of benzene rings is 1. The molecule has 28 heavy (non-hydrogen) atoms. The summed E-state index contributed by atoms with van der Waals surface area (Å²) in [6.45, 7) is 2.40. The Kier molecular flexibility index (Phi) is 6.28. The number of hydrogen-bond donors (Lipinski definition) is 5. The van der Waals surface area contributed by atoms with Gasteiger partial charge < -0.3 is 26.7 Å². The van der Waals surface area contributed by atoms with Gasteiger partial charge >= 0.3 is 5.69 Å². The first-order valence-electron chi connectivity index (χ1n) is 9.17. The van der Waals surface area contributed by atoms with E-state index in [-0.39, 0.29) is 5.69 Å². The largest absolute Gasteiger partial charge is 0.375 e. The van der Waals surface area contributed by atoms with E-state index in [9.17, 15) is 4.79 Å². The lowest BCUT2D eigenvalue weighted by atomic mass is 10.2. The molecule has 3 rings (SSSR count). The summed E-state index contributed by atoms with van der Waals surface area (Å²) in [4.78, 5) is 23.4. The van der Waals surface area contributed by atoms with Crippen LogP contribution < -0.4 is 27.4 Å².